The van der Waals surface area contributed by atoms with Gasteiger partial charge in [-0.15, -0.1) is 0 Å². The Bertz CT molecular complexity index is 440. The van der Waals surface area contributed by atoms with Crippen molar-refractivity contribution in [3.63, 3.8) is 0 Å². The van der Waals surface area contributed by atoms with Crippen LogP contribution >= 0.6 is 0 Å². The van der Waals surface area contributed by atoms with Crippen molar-refractivity contribution in [2.24, 2.45) is 5.92 Å². The summed E-state index contributed by atoms with van der Waals surface area (Å²) in [5.74, 6) is -1.02. The Hall–Kier alpha value is -1.35. The number of benzene rings is 1. The van der Waals surface area contributed by atoms with Gasteiger partial charge in [0.1, 0.15) is 0 Å². The van der Waals surface area contributed by atoms with Gasteiger partial charge < -0.3 is 10.4 Å². The van der Waals surface area contributed by atoms with Gasteiger partial charge in [0.2, 0.25) is 0 Å². The van der Waals surface area contributed by atoms with Gasteiger partial charge in [0.25, 0.3) is 0 Å². The molecule has 3 heteroatoms. The molecule has 0 bridgehead atoms. The number of hydrogen-bond acceptors (Lipinski definition) is 2. The summed E-state index contributed by atoms with van der Waals surface area (Å²) in [5, 5.41) is 12.3. The summed E-state index contributed by atoms with van der Waals surface area (Å²) in [6.07, 6.45) is 0.660. The number of nitrogens with one attached hydrogen (secondary N) is 1. The molecule has 1 unspecified atom stereocenters. The monoisotopic (exact) mass is 263 g/mol. The number of hydrogen-bond donors (Lipinski definition) is 2. The summed E-state index contributed by atoms with van der Waals surface area (Å²) in [6.45, 7) is 11.7. The van der Waals surface area contributed by atoms with E-state index in [4.69, 9.17) is 5.11 Å². The number of carbonyl (C=O) groups is 1. The average Bonchev–Trinajstić information content (AvgIpc) is 2.35. The first-order valence-corrected chi connectivity index (χ1v) is 6.88. The number of aryl methyl sites for hydroxylation is 2. The van der Waals surface area contributed by atoms with Crippen molar-refractivity contribution in [3.05, 3.63) is 33.9 Å². The van der Waals surface area contributed by atoms with Crippen LogP contribution in [0, 0.1) is 33.6 Å². The lowest BCUT2D eigenvalue weighted by molar-refractivity contribution is -0.141. The molecular weight excluding hydrogens is 238 g/mol. The van der Waals surface area contributed by atoms with Crippen LogP contribution in [0.15, 0.2) is 6.07 Å². The molecule has 0 aliphatic rings. The zero-order valence-corrected chi connectivity index (χ0v) is 12.6. The van der Waals surface area contributed by atoms with E-state index in [1.54, 1.807) is 0 Å². The molecule has 0 spiro atoms. The van der Waals surface area contributed by atoms with Crippen LogP contribution in [0.4, 0.5) is 0 Å². The maximum Gasteiger partial charge on any atom is 0.307 e. The van der Waals surface area contributed by atoms with Crippen molar-refractivity contribution in [1.82, 2.24) is 5.32 Å². The smallest absolute Gasteiger partial charge is 0.307 e. The summed E-state index contributed by atoms with van der Waals surface area (Å²) >= 11 is 0. The molecule has 1 aromatic rings. The Labute approximate surface area is 116 Å². The first-order valence-electron chi connectivity index (χ1n) is 6.88. The zero-order valence-electron chi connectivity index (χ0n) is 12.6. The van der Waals surface area contributed by atoms with Crippen LogP contribution in [0.25, 0.3) is 0 Å². The van der Waals surface area contributed by atoms with Crippen LogP contribution in [0.1, 0.15) is 41.2 Å². The van der Waals surface area contributed by atoms with Gasteiger partial charge in [-0.3, -0.25) is 4.79 Å². The van der Waals surface area contributed by atoms with Crippen molar-refractivity contribution in [2.75, 3.05) is 6.54 Å². The van der Waals surface area contributed by atoms with Crippen molar-refractivity contribution in [2.45, 2.75) is 47.6 Å². The van der Waals surface area contributed by atoms with Gasteiger partial charge in [0.05, 0.1) is 5.92 Å². The second-order valence-corrected chi connectivity index (χ2v) is 5.31. The molecule has 0 fully saturated rings. The molecule has 0 aliphatic heterocycles. The molecule has 19 heavy (non-hydrogen) atoms. The maximum atomic E-state index is 11.0. The number of carboxylic acid groups (broad SMARTS) is 1. The highest BCUT2D eigenvalue weighted by atomic mass is 16.4. The van der Waals surface area contributed by atoms with Gasteiger partial charge in [-0.25, -0.2) is 0 Å². The zero-order chi connectivity index (χ0) is 14.6. The molecule has 2 N–H and O–H groups in total. The maximum absolute atomic E-state index is 11.0. The quantitative estimate of drug-likeness (QED) is 0.829. The van der Waals surface area contributed by atoms with Crippen molar-refractivity contribution >= 4 is 5.97 Å². The van der Waals surface area contributed by atoms with Crippen LogP contribution in [-0.2, 0) is 11.3 Å². The van der Waals surface area contributed by atoms with Crippen LogP contribution < -0.4 is 5.32 Å². The van der Waals surface area contributed by atoms with E-state index in [1.165, 1.54) is 27.8 Å². The number of rotatable bonds is 6. The molecular formula is C16H25NO2. The SMILES string of the molecule is CCC(CNCc1c(C)c(C)cc(C)c1C)C(=O)O. The number of carboxylic acids is 1. The van der Waals surface area contributed by atoms with Gasteiger partial charge in [-0.1, -0.05) is 13.0 Å². The van der Waals surface area contributed by atoms with E-state index in [0.29, 0.717) is 13.0 Å². The average molecular weight is 263 g/mol. The first-order chi connectivity index (χ1) is 8.88. The lowest BCUT2D eigenvalue weighted by Crippen LogP contribution is -2.28. The van der Waals surface area contributed by atoms with E-state index in [2.05, 4.69) is 39.1 Å². The predicted octanol–water partition coefficient (Wildman–Crippen LogP) is 3.12. The van der Waals surface area contributed by atoms with E-state index in [9.17, 15) is 4.79 Å². The molecule has 106 valence electrons. The molecule has 0 heterocycles. The molecule has 1 aromatic carbocycles. The lowest BCUT2D eigenvalue weighted by Gasteiger charge is -2.17. The molecule has 1 atom stereocenters. The third-order valence-electron chi connectivity index (χ3n) is 4.06. The predicted molar refractivity (Wildman–Crippen MR) is 78.5 cm³/mol. The van der Waals surface area contributed by atoms with E-state index in [1.807, 2.05) is 6.92 Å². The van der Waals surface area contributed by atoms with Gasteiger partial charge in [0.15, 0.2) is 0 Å². The van der Waals surface area contributed by atoms with Gasteiger partial charge in [-0.2, -0.15) is 0 Å². The molecule has 0 saturated heterocycles. The van der Waals surface area contributed by atoms with Crippen LogP contribution in [-0.4, -0.2) is 17.6 Å². The highest BCUT2D eigenvalue weighted by Crippen LogP contribution is 2.21. The Balaban J connectivity index is 2.76. The van der Waals surface area contributed by atoms with E-state index in [0.717, 1.165) is 6.54 Å². The third kappa shape index (κ3) is 3.80. The first kappa shape index (κ1) is 15.7. The lowest BCUT2D eigenvalue weighted by atomic mass is 9.94. The summed E-state index contributed by atoms with van der Waals surface area (Å²) in [6, 6.07) is 2.21. The van der Waals surface area contributed by atoms with Crippen LogP contribution in [0.3, 0.4) is 0 Å². The molecule has 1 rings (SSSR count). The summed E-state index contributed by atoms with van der Waals surface area (Å²) in [7, 11) is 0. The summed E-state index contributed by atoms with van der Waals surface area (Å²) in [5.41, 5.74) is 6.51. The Morgan fingerprint density at radius 3 is 2.16 bits per heavy atom. The molecule has 0 amide bonds. The third-order valence-corrected chi connectivity index (χ3v) is 4.06. The van der Waals surface area contributed by atoms with E-state index in [-0.39, 0.29) is 5.92 Å². The number of aliphatic carboxylic acids is 1. The van der Waals surface area contributed by atoms with Crippen molar-refractivity contribution in [3.8, 4) is 0 Å². The van der Waals surface area contributed by atoms with Crippen LogP contribution in [0.5, 0.6) is 0 Å². The Morgan fingerprint density at radius 2 is 1.74 bits per heavy atom. The summed E-state index contributed by atoms with van der Waals surface area (Å²) in [4.78, 5) is 11.0. The minimum absolute atomic E-state index is 0.300. The minimum atomic E-state index is -0.719. The summed E-state index contributed by atoms with van der Waals surface area (Å²) < 4.78 is 0. The van der Waals surface area contributed by atoms with E-state index >= 15 is 0 Å². The minimum Gasteiger partial charge on any atom is -0.481 e. The van der Waals surface area contributed by atoms with Gasteiger partial charge in [-0.05, 0) is 61.9 Å². The van der Waals surface area contributed by atoms with E-state index < -0.39 is 5.97 Å². The van der Waals surface area contributed by atoms with Gasteiger partial charge in [0, 0.05) is 13.1 Å². The standard InChI is InChI=1S/C16H25NO2/c1-6-14(16(18)19)8-17-9-15-12(4)10(2)7-11(3)13(15)5/h7,14,17H,6,8-9H2,1-5H3,(H,18,19). The Kier molecular flexibility index (Phi) is 5.55. The highest BCUT2D eigenvalue weighted by molar-refractivity contribution is 5.70. The molecule has 0 saturated carbocycles. The molecule has 3 nitrogen and oxygen atoms in total. The largest absolute Gasteiger partial charge is 0.481 e. The Morgan fingerprint density at radius 1 is 1.21 bits per heavy atom. The fraction of sp³-hybridized carbons (Fsp3) is 0.562. The van der Waals surface area contributed by atoms with Crippen molar-refractivity contribution in [1.29, 1.82) is 0 Å². The second-order valence-electron chi connectivity index (χ2n) is 5.31. The van der Waals surface area contributed by atoms with Crippen LogP contribution in [0.2, 0.25) is 0 Å². The van der Waals surface area contributed by atoms with Crippen molar-refractivity contribution < 1.29 is 9.90 Å². The molecule has 0 aromatic heterocycles. The fourth-order valence-electron chi connectivity index (χ4n) is 2.34. The van der Waals surface area contributed by atoms with Gasteiger partial charge >= 0.3 is 5.97 Å². The fourth-order valence-corrected chi connectivity index (χ4v) is 2.34. The highest BCUT2D eigenvalue weighted by Gasteiger charge is 2.15. The topological polar surface area (TPSA) is 49.3 Å². The molecule has 0 aliphatic carbocycles. The second kappa shape index (κ2) is 6.71. The normalized spacial score (nSPS) is 12.5. The molecule has 0 radical (unpaired) electrons.